The normalized spacial score (nSPS) is 27.1. The molecular weight excluding hydrogens is 320 g/mol. The molecule has 2 aliphatic rings. The maximum absolute atomic E-state index is 6.05. The van der Waals surface area contributed by atoms with Crippen LogP contribution in [-0.4, -0.2) is 41.8 Å². The maximum atomic E-state index is 6.05. The minimum absolute atomic E-state index is 0.358. The Bertz CT molecular complexity index is 660. The van der Waals surface area contributed by atoms with Gasteiger partial charge in [-0.3, -0.25) is 4.90 Å². The van der Waals surface area contributed by atoms with E-state index in [9.17, 15) is 0 Å². The van der Waals surface area contributed by atoms with Crippen molar-refractivity contribution in [1.29, 1.82) is 0 Å². The molecule has 0 aromatic carbocycles. The molecule has 0 N–H and O–H groups in total. The first kappa shape index (κ1) is 16.1. The van der Waals surface area contributed by atoms with Gasteiger partial charge in [0.15, 0.2) is 0 Å². The number of pyridine rings is 1. The van der Waals surface area contributed by atoms with Gasteiger partial charge in [-0.15, -0.1) is 11.3 Å². The van der Waals surface area contributed by atoms with Crippen LogP contribution in [0.3, 0.4) is 0 Å². The number of aromatic nitrogens is 1. The van der Waals surface area contributed by atoms with E-state index in [0.29, 0.717) is 18.1 Å². The molecule has 2 fully saturated rings. The van der Waals surface area contributed by atoms with E-state index in [4.69, 9.17) is 9.47 Å². The third-order valence-electron chi connectivity index (χ3n) is 5.01. The Balaban J connectivity index is 1.35. The van der Waals surface area contributed by atoms with Crippen LogP contribution in [0.1, 0.15) is 22.6 Å². The highest BCUT2D eigenvalue weighted by Crippen LogP contribution is 2.35. The summed E-state index contributed by atoms with van der Waals surface area (Å²) in [7, 11) is 0. The fraction of sp³-hybridized carbons (Fsp3) is 0.526. The molecule has 1 aliphatic heterocycles. The molecule has 2 aromatic rings. The minimum atomic E-state index is 0.358. The van der Waals surface area contributed by atoms with Crippen LogP contribution in [0.25, 0.3) is 0 Å². The summed E-state index contributed by atoms with van der Waals surface area (Å²) < 4.78 is 11.9. The summed E-state index contributed by atoms with van der Waals surface area (Å²) in [5.74, 6) is 1.27. The second kappa shape index (κ2) is 7.21. The lowest BCUT2D eigenvalue weighted by molar-refractivity contribution is -0.0587. The van der Waals surface area contributed by atoms with Gasteiger partial charge in [-0.1, -0.05) is 6.07 Å². The Labute approximate surface area is 147 Å². The molecular formula is C19H24N2O2S. The van der Waals surface area contributed by atoms with E-state index in [1.54, 1.807) is 6.20 Å². The zero-order valence-corrected chi connectivity index (χ0v) is 14.9. The first-order valence-electron chi connectivity index (χ1n) is 8.73. The highest BCUT2D eigenvalue weighted by Gasteiger charge is 2.41. The first-order chi connectivity index (χ1) is 11.8. The molecule has 1 saturated heterocycles. The number of hydrogen-bond acceptors (Lipinski definition) is 5. The van der Waals surface area contributed by atoms with Crippen molar-refractivity contribution in [3.05, 3.63) is 46.3 Å². The fourth-order valence-corrected chi connectivity index (χ4v) is 4.78. The molecule has 2 aromatic heterocycles. The van der Waals surface area contributed by atoms with E-state index in [0.717, 1.165) is 45.0 Å². The molecule has 1 saturated carbocycles. The van der Waals surface area contributed by atoms with Crippen molar-refractivity contribution >= 4 is 11.3 Å². The lowest BCUT2D eigenvalue weighted by Crippen LogP contribution is -2.47. The van der Waals surface area contributed by atoms with E-state index >= 15 is 0 Å². The number of thiophene rings is 1. The van der Waals surface area contributed by atoms with E-state index in [1.165, 1.54) is 9.75 Å². The molecule has 24 heavy (non-hydrogen) atoms. The summed E-state index contributed by atoms with van der Waals surface area (Å²) in [6.07, 6.45) is 4.38. The Morgan fingerprint density at radius 2 is 2.25 bits per heavy atom. The Morgan fingerprint density at radius 1 is 1.29 bits per heavy atom. The molecule has 4 rings (SSSR count). The van der Waals surface area contributed by atoms with Crippen molar-refractivity contribution in [2.75, 3.05) is 19.8 Å². The predicted molar refractivity (Wildman–Crippen MR) is 95.5 cm³/mol. The van der Waals surface area contributed by atoms with E-state index in [2.05, 4.69) is 28.9 Å². The van der Waals surface area contributed by atoms with Gasteiger partial charge in [0.25, 0.3) is 0 Å². The second-order valence-corrected chi connectivity index (χ2v) is 8.15. The summed E-state index contributed by atoms with van der Waals surface area (Å²) in [4.78, 5) is 9.70. The van der Waals surface area contributed by atoms with Crippen LogP contribution in [0, 0.1) is 12.8 Å². The van der Waals surface area contributed by atoms with Crippen LogP contribution < -0.4 is 4.74 Å². The van der Waals surface area contributed by atoms with Gasteiger partial charge in [0, 0.05) is 41.1 Å². The van der Waals surface area contributed by atoms with Crippen molar-refractivity contribution in [3.63, 3.8) is 0 Å². The highest BCUT2D eigenvalue weighted by molar-refractivity contribution is 7.11. The average Bonchev–Trinajstić information content (AvgIpc) is 3.20. The van der Waals surface area contributed by atoms with Crippen LogP contribution in [-0.2, 0) is 11.3 Å². The van der Waals surface area contributed by atoms with Crippen molar-refractivity contribution in [2.45, 2.75) is 38.5 Å². The van der Waals surface area contributed by atoms with Crippen molar-refractivity contribution in [3.8, 4) is 5.88 Å². The lowest BCUT2D eigenvalue weighted by atomic mass is 10.1. The molecule has 3 atom stereocenters. The molecule has 1 aliphatic carbocycles. The molecule has 3 heterocycles. The van der Waals surface area contributed by atoms with Crippen LogP contribution >= 0.6 is 11.3 Å². The minimum Gasteiger partial charge on any atom is -0.477 e. The van der Waals surface area contributed by atoms with E-state index in [-0.39, 0.29) is 0 Å². The van der Waals surface area contributed by atoms with Crippen LogP contribution in [0.5, 0.6) is 5.88 Å². The number of nitrogens with zero attached hydrogens (tertiary/aromatic N) is 2. The van der Waals surface area contributed by atoms with Crippen LogP contribution in [0.15, 0.2) is 36.5 Å². The first-order valence-corrected chi connectivity index (χ1v) is 9.54. The second-order valence-electron chi connectivity index (χ2n) is 6.78. The third-order valence-corrected chi connectivity index (χ3v) is 5.99. The Hall–Kier alpha value is -1.43. The predicted octanol–water partition coefficient (Wildman–Crippen LogP) is 3.51. The van der Waals surface area contributed by atoms with Gasteiger partial charge >= 0.3 is 0 Å². The standard InChI is InChI=1S/C19H24N2O2S/c1-14-5-6-16(24-14)12-21-8-9-22-18-11-15(10-17(18)21)13-23-19-4-2-3-7-20-19/h2-7,15,17-18H,8-13H2,1H3. The lowest BCUT2D eigenvalue weighted by Gasteiger charge is -2.37. The number of morpholine rings is 1. The van der Waals surface area contributed by atoms with Gasteiger partial charge in [-0.05, 0) is 43.9 Å². The molecule has 0 amide bonds. The largest absolute Gasteiger partial charge is 0.477 e. The summed E-state index contributed by atoms with van der Waals surface area (Å²) >= 11 is 1.91. The molecule has 128 valence electrons. The quantitative estimate of drug-likeness (QED) is 0.831. The summed E-state index contributed by atoms with van der Waals surface area (Å²) in [6, 6.07) is 10.8. The summed E-state index contributed by atoms with van der Waals surface area (Å²) in [5, 5.41) is 0. The van der Waals surface area contributed by atoms with E-state index < -0.39 is 0 Å². The van der Waals surface area contributed by atoms with Crippen molar-refractivity contribution in [2.24, 2.45) is 5.92 Å². The SMILES string of the molecule is Cc1ccc(CN2CCOC3CC(COc4ccccn4)CC32)s1. The topological polar surface area (TPSA) is 34.6 Å². The van der Waals surface area contributed by atoms with Gasteiger partial charge in [0.1, 0.15) is 0 Å². The summed E-state index contributed by atoms with van der Waals surface area (Å²) in [6.45, 7) is 5.85. The average molecular weight is 344 g/mol. The molecule has 3 unspecified atom stereocenters. The highest BCUT2D eigenvalue weighted by atomic mass is 32.1. The number of hydrogen-bond donors (Lipinski definition) is 0. The molecule has 4 nitrogen and oxygen atoms in total. The maximum Gasteiger partial charge on any atom is 0.213 e. The van der Waals surface area contributed by atoms with Crippen molar-refractivity contribution < 1.29 is 9.47 Å². The summed E-state index contributed by atoms with van der Waals surface area (Å²) in [5.41, 5.74) is 0. The Morgan fingerprint density at radius 3 is 3.04 bits per heavy atom. The van der Waals surface area contributed by atoms with Crippen LogP contribution in [0.4, 0.5) is 0 Å². The van der Waals surface area contributed by atoms with Gasteiger partial charge in [0.2, 0.25) is 5.88 Å². The smallest absolute Gasteiger partial charge is 0.213 e. The zero-order valence-electron chi connectivity index (χ0n) is 14.1. The molecule has 0 bridgehead atoms. The van der Waals surface area contributed by atoms with Crippen molar-refractivity contribution in [1.82, 2.24) is 9.88 Å². The Kier molecular flexibility index (Phi) is 4.83. The molecule has 0 spiro atoms. The van der Waals surface area contributed by atoms with Gasteiger partial charge < -0.3 is 9.47 Å². The molecule has 5 heteroatoms. The number of rotatable bonds is 5. The zero-order chi connectivity index (χ0) is 16.4. The van der Waals surface area contributed by atoms with Crippen LogP contribution in [0.2, 0.25) is 0 Å². The third kappa shape index (κ3) is 3.63. The fourth-order valence-electron chi connectivity index (χ4n) is 3.86. The molecule has 0 radical (unpaired) electrons. The van der Waals surface area contributed by atoms with Gasteiger partial charge in [-0.2, -0.15) is 0 Å². The monoisotopic (exact) mass is 344 g/mol. The van der Waals surface area contributed by atoms with Gasteiger partial charge in [0.05, 0.1) is 19.3 Å². The number of fused-ring (bicyclic) bond motifs is 1. The van der Waals surface area contributed by atoms with E-state index in [1.807, 2.05) is 29.5 Å². The number of aryl methyl sites for hydroxylation is 1. The van der Waals surface area contributed by atoms with Gasteiger partial charge in [-0.25, -0.2) is 4.98 Å². The number of ether oxygens (including phenoxy) is 2.